The molecular formula is C28H30N2O2. The number of hydrogen-bond donors (Lipinski definition) is 2. The molecular weight excluding hydrogens is 396 g/mol. The molecule has 1 saturated carbocycles. The smallest absolute Gasteiger partial charge is 0.236 e. The Morgan fingerprint density at radius 3 is 1.50 bits per heavy atom. The quantitative estimate of drug-likeness (QED) is 0.503. The maximum absolute atomic E-state index is 13.7. The zero-order valence-corrected chi connectivity index (χ0v) is 18.6. The van der Waals surface area contributed by atoms with Crippen molar-refractivity contribution < 1.29 is 9.59 Å². The lowest BCUT2D eigenvalue weighted by Crippen LogP contribution is -2.59. The van der Waals surface area contributed by atoms with E-state index in [0.717, 1.165) is 23.1 Å². The maximum Gasteiger partial charge on any atom is 0.236 e. The summed E-state index contributed by atoms with van der Waals surface area (Å²) in [5.74, 6) is -0.548. The van der Waals surface area contributed by atoms with Crippen molar-refractivity contribution in [1.82, 2.24) is 10.6 Å². The molecule has 3 unspecified atom stereocenters. The van der Waals surface area contributed by atoms with Gasteiger partial charge in [-0.1, -0.05) is 91.0 Å². The first-order chi connectivity index (χ1) is 15.5. The first kappa shape index (κ1) is 21.8. The van der Waals surface area contributed by atoms with Crippen LogP contribution >= 0.6 is 0 Å². The summed E-state index contributed by atoms with van der Waals surface area (Å²) >= 11 is 0. The van der Waals surface area contributed by atoms with E-state index in [0.29, 0.717) is 6.42 Å². The average Bonchev–Trinajstić information content (AvgIpc) is 2.80. The highest BCUT2D eigenvalue weighted by molar-refractivity contribution is 6.07. The lowest BCUT2D eigenvalue weighted by Gasteiger charge is -2.47. The molecule has 3 aromatic carbocycles. The Hall–Kier alpha value is -3.40. The van der Waals surface area contributed by atoms with Gasteiger partial charge in [0.15, 0.2) is 0 Å². The second-order valence-electron chi connectivity index (χ2n) is 8.68. The number of nitrogens with one attached hydrogen (secondary N) is 2. The molecule has 32 heavy (non-hydrogen) atoms. The second-order valence-corrected chi connectivity index (χ2v) is 8.68. The fraction of sp³-hybridized carbons (Fsp3) is 0.286. The van der Waals surface area contributed by atoms with Crippen LogP contribution in [-0.4, -0.2) is 11.8 Å². The summed E-state index contributed by atoms with van der Waals surface area (Å²) in [7, 11) is 0. The fourth-order valence-corrected chi connectivity index (χ4v) is 4.66. The number of rotatable bonds is 7. The summed E-state index contributed by atoms with van der Waals surface area (Å²) in [6, 6.07) is 29.2. The van der Waals surface area contributed by atoms with Gasteiger partial charge in [-0.3, -0.25) is 9.59 Å². The lowest BCUT2D eigenvalue weighted by molar-refractivity contribution is -0.153. The van der Waals surface area contributed by atoms with Gasteiger partial charge in [0, 0.05) is 5.92 Å². The monoisotopic (exact) mass is 426 g/mol. The van der Waals surface area contributed by atoms with Gasteiger partial charge in [-0.25, -0.2) is 0 Å². The minimum Gasteiger partial charge on any atom is -0.349 e. The highest BCUT2D eigenvalue weighted by Crippen LogP contribution is 2.54. The molecule has 164 valence electrons. The number of carbonyl (C=O) groups is 2. The molecule has 2 N–H and O–H groups in total. The third-order valence-electron chi connectivity index (χ3n) is 6.73. The van der Waals surface area contributed by atoms with Gasteiger partial charge in [0.1, 0.15) is 5.41 Å². The van der Waals surface area contributed by atoms with Crippen LogP contribution < -0.4 is 10.6 Å². The molecule has 0 heterocycles. The van der Waals surface area contributed by atoms with E-state index in [2.05, 4.69) is 10.6 Å². The predicted molar refractivity (Wildman–Crippen MR) is 127 cm³/mol. The van der Waals surface area contributed by atoms with E-state index in [-0.39, 0.29) is 29.8 Å². The topological polar surface area (TPSA) is 58.2 Å². The van der Waals surface area contributed by atoms with E-state index in [4.69, 9.17) is 0 Å². The Balaban J connectivity index is 1.61. The number of amides is 2. The lowest BCUT2D eigenvalue weighted by atomic mass is 9.56. The molecule has 0 radical (unpaired) electrons. The van der Waals surface area contributed by atoms with Crippen LogP contribution in [0.2, 0.25) is 0 Å². The van der Waals surface area contributed by atoms with Crippen molar-refractivity contribution in [3.8, 4) is 0 Å². The fourth-order valence-electron chi connectivity index (χ4n) is 4.66. The minimum atomic E-state index is -1.12. The van der Waals surface area contributed by atoms with Crippen molar-refractivity contribution in [3.05, 3.63) is 108 Å². The van der Waals surface area contributed by atoms with E-state index >= 15 is 0 Å². The van der Waals surface area contributed by atoms with Crippen molar-refractivity contribution in [2.24, 2.45) is 5.41 Å². The molecule has 1 aliphatic rings. The summed E-state index contributed by atoms with van der Waals surface area (Å²) in [6.07, 6.45) is 1.34. The van der Waals surface area contributed by atoms with Gasteiger partial charge in [-0.15, -0.1) is 0 Å². The van der Waals surface area contributed by atoms with E-state index in [9.17, 15) is 9.59 Å². The molecule has 0 aromatic heterocycles. The summed E-state index contributed by atoms with van der Waals surface area (Å²) in [6.45, 7) is 3.92. The Bertz CT molecular complexity index is 991. The van der Waals surface area contributed by atoms with Gasteiger partial charge in [-0.2, -0.15) is 0 Å². The summed E-state index contributed by atoms with van der Waals surface area (Å²) in [5.41, 5.74) is 1.95. The van der Waals surface area contributed by atoms with Gasteiger partial charge in [0.05, 0.1) is 12.1 Å². The largest absolute Gasteiger partial charge is 0.349 e. The average molecular weight is 427 g/mol. The molecule has 0 saturated heterocycles. The summed E-state index contributed by atoms with van der Waals surface area (Å²) in [4.78, 5) is 27.4. The van der Waals surface area contributed by atoms with Gasteiger partial charge in [0.2, 0.25) is 11.8 Å². The molecule has 4 heteroatoms. The van der Waals surface area contributed by atoms with Crippen LogP contribution in [0.15, 0.2) is 91.0 Å². The predicted octanol–water partition coefficient (Wildman–Crippen LogP) is 5.31. The van der Waals surface area contributed by atoms with Gasteiger partial charge in [0.25, 0.3) is 0 Å². The molecule has 0 spiro atoms. The van der Waals surface area contributed by atoms with Crippen LogP contribution in [0.3, 0.4) is 0 Å². The Morgan fingerprint density at radius 2 is 1.12 bits per heavy atom. The van der Waals surface area contributed by atoms with E-state index in [1.54, 1.807) is 0 Å². The van der Waals surface area contributed by atoms with Crippen LogP contribution in [0.1, 0.15) is 61.4 Å². The summed E-state index contributed by atoms with van der Waals surface area (Å²) in [5, 5.41) is 6.27. The molecule has 3 atom stereocenters. The molecule has 3 aromatic rings. The van der Waals surface area contributed by atoms with Crippen molar-refractivity contribution in [2.75, 3.05) is 0 Å². The molecule has 4 nitrogen and oxygen atoms in total. The molecule has 1 fully saturated rings. The zero-order valence-electron chi connectivity index (χ0n) is 18.6. The molecule has 2 amide bonds. The van der Waals surface area contributed by atoms with Crippen LogP contribution in [0.25, 0.3) is 0 Å². The number of benzene rings is 3. The maximum atomic E-state index is 13.7. The molecule has 1 aliphatic carbocycles. The Labute approximate surface area is 190 Å². The highest BCUT2D eigenvalue weighted by Gasteiger charge is 2.59. The summed E-state index contributed by atoms with van der Waals surface area (Å²) < 4.78 is 0. The van der Waals surface area contributed by atoms with Crippen molar-refractivity contribution in [3.63, 3.8) is 0 Å². The van der Waals surface area contributed by atoms with Gasteiger partial charge >= 0.3 is 0 Å². The highest BCUT2D eigenvalue weighted by atomic mass is 16.2. The molecule has 0 bridgehead atoms. The third kappa shape index (κ3) is 4.18. The van der Waals surface area contributed by atoms with Crippen molar-refractivity contribution >= 4 is 11.8 Å². The Kier molecular flexibility index (Phi) is 6.40. The van der Waals surface area contributed by atoms with Crippen molar-refractivity contribution in [1.29, 1.82) is 0 Å². The van der Waals surface area contributed by atoms with E-state index < -0.39 is 5.41 Å². The Morgan fingerprint density at radius 1 is 0.719 bits per heavy atom. The van der Waals surface area contributed by atoms with E-state index in [1.807, 2.05) is 105 Å². The SMILES string of the molecule is CC(NC(=O)C1(C(=O)NC(C)c2ccccc2)CCC1c1ccccc1)c1ccccc1. The first-order valence-corrected chi connectivity index (χ1v) is 11.3. The number of hydrogen-bond acceptors (Lipinski definition) is 2. The van der Waals surface area contributed by atoms with Crippen LogP contribution in [0, 0.1) is 5.41 Å². The van der Waals surface area contributed by atoms with Crippen molar-refractivity contribution in [2.45, 2.75) is 44.7 Å². The van der Waals surface area contributed by atoms with Crippen LogP contribution in [0.4, 0.5) is 0 Å². The normalized spacial score (nSPS) is 21.6. The third-order valence-corrected chi connectivity index (χ3v) is 6.73. The van der Waals surface area contributed by atoms with Gasteiger partial charge < -0.3 is 10.6 Å². The second kappa shape index (κ2) is 9.39. The standard InChI is InChI=1S/C28H30N2O2/c1-20(22-12-6-3-7-13-22)29-26(31)28(19-18-25(28)24-16-10-5-11-17-24)27(32)30-21(2)23-14-8-4-9-15-23/h3-17,20-21,25H,18-19H2,1-2H3,(H,29,31)(H,30,32). The number of carbonyl (C=O) groups excluding carboxylic acids is 2. The van der Waals surface area contributed by atoms with E-state index in [1.165, 1.54) is 0 Å². The van der Waals surface area contributed by atoms with Crippen LogP contribution in [-0.2, 0) is 9.59 Å². The molecule has 4 rings (SSSR count). The van der Waals surface area contributed by atoms with Gasteiger partial charge in [-0.05, 0) is 43.4 Å². The molecule has 0 aliphatic heterocycles. The van der Waals surface area contributed by atoms with Crippen LogP contribution in [0.5, 0.6) is 0 Å². The minimum absolute atomic E-state index is 0.144. The zero-order chi connectivity index (χ0) is 22.6. The first-order valence-electron chi connectivity index (χ1n) is 11.3.